The van der Waals surface area contributed by atoms with Crippen molar-refractivity contribution in [3.05, 3.63) is 71.4 Å². The number of benzene rings is 1. The van der Waals surface area contributed by atoms with Crippen molar-refractivity contribution in [2.75, 3.05) is 6.54 Å². The topological polar surface area (TPSA) is 91.0 Å². The number of carbonyl (C=O) groups is 2. The summed E-state index contributed by atoms with van der Waals surface area (Å²) < 4.78 is 28.9. The van der Waals surface area contributed by atoms with Crippen LogP contribution in [0.4, 0.5) is 8.78 Å². The van der Waals surface area contributed by atoms with E-state index in [9.17, 15) is 18.4 Å². The lowest BCUT2D eigenvalue weighted by atomic mass is 9.97. The van der Waals surface area contributed by atoms with Crippen molar-refractivity contribution in [1.82, 2.24) is 25.4 Å². The first-order valence-corrected chi connectivity index (χ1v) is 11.2. The van der Waals surface area contributed by atoms with Crippen molar-refractivity contribution in [2.24, 2.45) is 0 Å². The number of likely N-dealkylation sites (tertiary alicyclic amines) is 1. The van der Waals surface area contributed by atoms with Crippen molar-refractivity contribution in [1.29, 1.82) is 0 Å². The number of nitrogens with zero attached hydrogens (tertiary/aromatic N) is 3. The van der Waals surface area contributed by atoms with E-state index in [1.54, 1.807) is 24.4 Å². The molecule has 1 saturated heterocycles. The number of aromatic nitrogens is 3. The number of hydrogen-bond donors (Lipinski definition) is 2. The minimum absolute atomic E-state index is 0.0533. The molecule has 0 saturated carbocycles. The molecular formula is C25H27F2N5O2. The zero-order chi connectivity index (χ0) is 24.4. The molecule has 1 aliphatic rings. The molecule has 0 bridgehead atoms. The third-order valence-electron chi connectivity index (χ3n) is 6.09. The van der Waals surface area contributed by atoms with Crippen LogP contribution in [0, 0.1) is 5.95 Å². The van der Waals surface area contributed by atoms with Crippen LogP contribution in [0.3, 0.4) is 0 Å². The molecule has 0 spiro atoms. The van der Waals surface area contributed by atoms with E-state index in [1.165, 1.54) is 11.8 Å². The van der Waals surface area contributed by atoms with Crippen molar-refractivity contribution < 1.29 is 18.4 Å². The second-order valence-corrected chi connectivity index (χ2v) is 8.83. The fourth-order valence-corrected chi connectivity index (χ4v) is 4.30. The first-order valence-electron chi connectivity index (χ1n) is 11.2. The number of nitrogens with one attached hydrogen (secondary N) is 2. The third-order valence-corrected chi connectivity index (χ3v) is 6.09. The zero-order valence-corrected chi connectivity index (χ0v) is 19.3. The summed E-state index contributed by atoms with van der Waals surface area (Å²) in [4.78, 5) is 30.6. The first-order chi connectivity index (χ1) is 16.2. The average Bonchev–Trinajstić information content (AvgIpc) is 3.47. The van der Waals surface area contributed by atoms with E-state index in [4.69, 9.17) is 0 Å². The van der Waals surface area contributed by atoms with Gasteiger partial charge in [0, 0.05) is 25.1 Å². The molecule has 2 aromatic heterocycles. The van der Waals surface area contributed by atoms with Crippen LogP contribution in [-0.4, -0.2) is 50.7 Å². The number of hydrogen-bond acceptors (Lipinski definition) is 4. The second-order valence-electron chi connectivity index (χ2n) is 8.83. The first kappa shape index (κ1) is 23.5. The number of H-pyrrole nitrogens is 1. The van der Waals surface area contributed by atoms with Gasteiger partial charge in [-0.3, -0.25) is 14.7 Å². The number of alkyl halides is 1. The molecule has 0 aliphatic carbocycles. The maximum Gasteiger partial charge on any atom is 0.243 e. The Labute approximate surface area is 196 Å². The molecule has 3 aromatic rings. The lowest BCUT2D eigenvalue weighted by Gasteiger charge is -2.26. The molecule has 2 amide bonds. The van der Waals surface area contributed by atoms with Crippen molar-refractivity contribution in [3.63, 3.8) is 0 Å². The van der Waals surface area contributed by atoms with E-state index < -0.39 is 30.1 Å². The minimum atomic E-state index is -1.28. The molecule has 1 fully saturated rings. The molecule has 9 heteroatoms. The largest absolute Gasteiger partial charge is 0.342 e. The van der Waals surface area contributed by atoms with Crippen LogP contribution in [0.1, 0.15) is 56.0 Å². The molecule has 178 valence electrons. The molecule has 2 N–H and O–H groups in total. The number of aromatic amines is 1. The van der Waals surface area contributed by atoms with Gasteiger partial charge in [-0.15, -0.1) is 0 Å². The molecule has 3 heterocycles. The van der Waals surface area contributed by atoms with Crippen LogP contribution in [0.5, 0.6) is 0 Å². The van der Waals surface area contributed by atoms with Gasteiger partial charge in [0.2, 0.25) is 17.8 Å². The Balaban J connectivity index is 1.72. The Morgan fingerprint density at radius 3 is 2.65 bits per heavy atom. The molecule has 4 rings (SSSR count). The Bertz CT molecular complexity index is 1180. The molecule has 1 aliphatic heterocycles. The van der Waals surface area contributed by atoms with Crippen molar-refractivity contribution in [2.45, 2.75) is 51.4 Å². The van der Waals surface area contributed by atoms with E-state index in [0.717, 1.165) is 11.3 Å². The average molecular weight is 468 g/mol. The summed E-state index contributed by atoms with van der Waals surface area (Å²) in [5, 5.41) is 9.76. The van der Waals surface area contributed by atoms with E-state index in [0.29, 0.717) is 16.8 Å². The number of pyridine rings is 1. The zero-order valence-electron chi connectivity index (χ0n) is 19.3. The predicted octanol–water partition coefficient (Wildman–Crippen LogP) is 3.90. The van der Waals surface area contributed by atoms with E-state index >= 15 is 0 Å². The number of amides is 2. The van der Waals surface area contributed by atoms with Crippen LogP contribution in [0.15, 0.2) is 48.7 Å². The highest BCUT2D eigenvalue weighted by atomic mass is 19.1. The van der Waals surface area contributed by atoms with Gasteiger partial charge in [-0.1, -0.05) is 38.1 Å². The quantitative estimate of drug-likeness (QED) is 0.538. The third kappa shape index (κ3) is 4.83. The summed E-state index contributed by atoms with van der Waals surface area (Å²) in [7, 11) is 0. The summed E-state index contributed by atoms with van der Waals surface area (Å²) in [6.45, 7) is 4.93. The molecule has 0 radical (unpaired) electrons. The van der Waals surface area contributed by atoms with E-state index in [2.05, 4.69) is 20.5 Å². The van der Waals surface area contributed by atoms with Crippen LogP contribution >= 0.6 is 0 Å². The van der Waals surface area contributed by atoms with Gasteiger partial charge in [0.15, 0.2) is 0 Å². The van der Waals surface area contributed by atoms with Gasteiger partial charge in [-0.2, -0.15) is 9.49 Å². The summed E-state index contributed by atoms with van der Waals surface area (Å²) in [5.74, 6) is -1.54. The van der Waals surface area contributed by atoms with Gasteiger partial charge >= 0.3 is 0 Å². The lowest BCUT2D eigenvalue weighted by molar-refractivity contribution is -0.137. The summed E-state index contributed by atoms with van der Waals surface area (Å²) >= 11 is 0. The Morgan fingerprint density at radius 1 is 1.21 bits per heavy atom. The van der Waals surface area contributed by atoms with Crippen LogP contribution in [-0.2, 0) is 9.59 Å². The highest BCUT2D eigenvalue weighted by Crippen LogP contribution is 2.29. The van der Waals surface area contributed by atoms with Gasteiger partial charge in [0.05, 0.1) is 24.0 Å². The highest BCUT2D eigenvalue weighted by molar-refractivity contribution is 5.88. The summed E-state index contributed by atoms with van der Waals surface area (Å²) in [6.07, 6.45) is 0.273. The second kappa shape index (κ2) is 9.70. The molecule has 3 atom stereocenters. The minimum Gasteiger partial charge on any atom is -0.342 e. The molecule has 3 unspecified atom stereocenters. The number of rotatable bonds is 6. The standard InChI is InChI=1S/C25H27F2N5O2/c1-14(2)19-7-8-21(29-24(19)27)23(17-6-4-5-16(11-17)20-9-10-28-31-20)30-25(34)22-12-18(26)13-32(22)15(3)33/h4-11,14,18,22-23H,12-13H2,1-3H3,(H,28,31)(H,30,34). The van der Waals surface area contributed by atoms with Gasteiger partial charge < -0.3 is 10.2 Å². The fourth-order valence-electron chi connectivity index (χ4n) is 4.30. The monoisotopic (exact) mass is 467 g/mol. The summed E-state index contributed by atoms with van der Waals surface area (Å²) in [6, 6.07) is 10.8. The fraction of sp³-hybridized carbons (Fsp3) is 0.360. The van der Waals surface area contributed by atoms with E-state index in [1.807, 2.05) is 38.1 Å². The molecule has 7 nitrogen and oxygen atoms in total. The highest BCUT2D eigenvalue weighted by Gasteiger charge is 2.39. The van der Waals surface area contributed by atoms with E-state index in [-0.39, 0.29) is 24.8 Å². The van der Waals surface area contributed by atoms with Crippen LogP contribution in [0.2, 0.25) is 0 Å². The normalized spacial score (nSPS) is 18.8. The predicted molar refractivity (Wildman–Crippen MR) is 123 cm³/mol. The number of carbonyl (C=O) groups excluding carboxylic acids is 2. The van der Waals surface area contributed by atoms with Crippen LogP contribution in [0.25, 0.3) is 11.3 Å². The van der Waals surface area contributed by atoms with Gasteiger partial charge in [-0.05, 0) is 35.2 Å². The Hall–Kier alpha value is -3.62. The summed E-state index contributed by atoms with van der Waals surface area (Å²) in [5.41, 5.74) is 3.04. The maximum atomic E-state index is 14.8. The van der Waals surface area contributed by atoms with Gasteiger partial charge in [0.1, 0.15) is 12.2 Å². The maximum absolute atomic E-state index is 14.8. The Morgan fingerprint density at radius 2 is 2.00 bits per heavy atom. The van der Waals surface area contributed by atoms with Crippen molar-refractivity contribution in [3.8, 4) is 11.3 Å². The van der Waals surface area contributed by atoms with Gasteiger partial charge in [-0.25, -0.2) is 9.37 Å². The smallest absolute Gasteiger partial charge is 0.243 e. The Kier molecular flexibility index (Phi) is 6.72. The number of halogens is 2. The molecular weight excluding hydrogens is 440 g/mol. The van der Waals surface area contributed by atoms with Crippen molar-refractivity contribution >= 4 is 11.8 Å². The van der Waals surface area contributed by atoms with Crippen LogP contribution < -0.4 is 5.32 Å². The molecule has 34 heavy (non-hydrogen) atoms. The van der Waals surface area contributed by atoms with Gasteiger partial charge in [0.25, 0.3) is 0 Å². The molecule has 1 aromatic carbocycles. The lowest BCUT2D eigenvalue weighted by Crippen LogP contribution is -2.46. The SMILES string of the molecule is CC(=O)N1CC(F)CC1C(=O)NC(c1cccc(-c2ccn[nH]2)c1)c1ccc(C(C)C)c(F)n1.